The van der Waals surface area contributed by atoms with Crippen molar-refractivity contribution in [1.82, 2.24) is 10.6 Å². The van der Waals surface area contributed by atoms with Crippen LogP contribution in [0, 0.1) is 6.92 Å². The first-order chi connectivity index (χ1) is 18.0. The Morgan fingerprint density at radius 2 is 1.68 bits per heavy atom. The number of aryl methyl sites for hydroxylation is 1. The molecular formula is C28H27N3O6. The van der Waals surface area contributed by atoms with Gasteiger partial charge in [-0.1, -0.05) is 36.4 Å². The highest BCUT2D eigenvalue weighted by atomic mass is 16.5. The number of nitrogens with one attached hydrogen (secondary N) is 2. The molecule has 2 aromatic carbocycles. The fourth-order valence-corrected chi connectivity index (χ4v) is 3.88. The van der Waals surface area contributed by atoms with E-state index in [1.807, 2.05) is 19.1 Å². The molecule has 0 saturated heterocycles. The summed E-state index contributed by atoms with van der Waals surface area (Å²) in [5, 5.41) is 5.43. The van der Waals surface area contributed by atoms with Crippen LogP contribution in [0.3, 0.4) is 0 Å². The number of nitrogens with zero attached hydrogens (tertiary/aromatic N) is 1. The lowest BCUT2D eigenvalue weighted by molar-refractivity contribution is -0.126. The minimum atomic E-state index is -1.07. The van der Waals surface area contributed by atoms with Gasteiger partial charge in [-0.05, 0) is 54.4 Å². The number of carbonyl (C=O) groups excluding carboxylic acids is 3. The number of furan rings is 2. The van der Waals surface area contributed by atoms with E-state index in [1.54, 1.807) is 54.6 Å². The van der Waals surface area contributed by atoms with Gasteiger partial charge in [0.2, 0.25) is 11.8 Å². The molecule has 0 saturated carbocycles. The van der Waals surface area contributed by atoms with Crippen LogP contribution >= 0.6 is 0 Å². The molecule has 0 unspecified atom stereocenters. The molecule has 0 radical (unpaired) electrons. The molecule has 2 aromatic heterocycles. The smallest absolute Gasteiger partial charge is 0.287 e. The van der Waals surface area contributed by atoms with E-state index < -0.39 is 23.8 Å². The van der Waals surface area contributed by atoms with Crippen LogP contribution in [0.15, 0.2) is 94.2 Å². The van der Waals surface area contributed by atoms with Gasteiger partial charge in [0.15, 0.2) is 5.76 Å². The summed E-state index contributed by atoms with van der Waals surface area (Å²) in [7, 11) is 1.49. The predicted molar refractivity (Wildman–Crippen MR) is 136 cm³/mol. The highest BCUT2D eigenvalue weighted by molar-refractivity contribution is 6.05. The Labute approximate surface area is 214 Å². The first-order valence-electron chi connectivity index (χ1n) is 11.6. The second-order valence-corrected chi connectivity index (χ2v) is 8.21. The molecule has 1 atom stereocenters. The number of benzene rings is 2. The summed E-state index contributed by atoms with van der Waals surface area (Å²) in [5.41, 5.74) is 1.83. The van der Waals surface area contributed by atoms with Crippen LogP contribution in [0.4, 0.5) is 5.69 Å². The van der Waals surface area contributed by atoms with Gasteiger partial charge in [0.05, 0.1) is 38.4 Å². The quantitative estimate of drug-likeness (QED) is 0.339. The Hall–Kier alpha value is -4.79. The van der Waals surface area contributed by atoms with Gasteiger partial charge < -0.3 is 24.2 Å². The molecule has 0 aliphatic heterocycles. The van der Waals surface area contributed by atoms with Crippen molar-refractivity contribution in [2.24, 2.45) is 0 Å². The Balaban J connectivity index is 1.72. The molecular weight excluding hydrogens is 474 g/mol. The molecule has 2 N–H and O–H groups in total. The van der Waals surface area contributed by atoms with E-state index >= 15 is 0 Å². The van der Waals surface area contributed by atoms with E-state index in [9.17, 15) is 14.4 Å². The zero-order chi connectivity index (χ0) is 26.2. The standard InChI is InChI=1S/C28H27N3O6/c1-19-12-13-23(35-2)22(16-19)31(25(32)18-30-27(33)24-11-7-15-37-24)26(20-8-4-3-5-9-20)28(34)29-17-21-10-6-14-36-21/h3-16,26H,17-18H2,1-2H3,(H,29,34)(H,30,33)/t26-/m0/s1. The van der Waals surface area contributed by atoms with Crippen molar-refractivity contribution in [3.63, 3.8) is 0 Å². The van der Waals surface area contributed by atoms with Crippen LogP contribution in [-0.2, 0) is 16.1 Å². The first-order valence-corrected chi connectivity index (χ1v) is 11.6. The number of hydrogen-bond acceptors (Lipinski definition) is 6. The Morgan fingerprint density at radius 3 is 2.35 bits per heavy atom. The fraction of sp³-hybridized carbons (Fsp3) is 0.179. The average Bonchev–Trinajstić information content (AvgIpc) is 3.64. The van der Waals surface area contributed by atoms with Crippen LogP contribution in [-0.4, -0.2) is 31.4 Å². The monoisotopic (exact) mass is 501 g/mol. The van der Waals surface area contributed by atoms with Crippen molar-refractivity contribution < 1.29 is 28.0 Å². The van der Waals surface area contributed by atoms with Crippen molar-refractivity contribution in [2.45, 2.75) is 19.5 Å². The van der Waals surface area contributed by atoms with E-state index in [-0.39, 0.29) is 18.8 Å². The summed E-state index contributed by atoms with van der Waals surface area (Å²) in [6, 6.07) is 19.7. The summed E-state index contributed by atoms with van der Waals surface area (Å²) in [4.78, 5) is 41.3. The second kappa shape index (κ2) is 11.8. The van der Waals surface area contributed by atoms with E-state index in [0.717, 1.165) is 5.56 Å². The molecule has 37 heavy (non-hydrogen) atoms. The molecule has 0 aliphatic rings. The molecule has 4 aromatic rings. The maximum absolute atomic E-state index is 13.8. The summed E-state index contributed by atoms with van der Waals surface area (Å²) >= 11 is 0. The van der Waals surface area contributed by atoms with Gasteiger partial charge in [-0.2, -0.15) is 0 Å². The van der Waals surface area contributed by atoms with Crippen LogP contribution < -0.4 is 20.3 Å². The second-order valence-electron chi connectivity index (χ2n) is 8.21. The topological polar surface area (TPSA) is 114 Å². The van der Waals surface area contributed by atoms with E-state index in [1.165, 1.54) is 30.6 Å². The van der Waals surface area contributed by atoms with Crippen LogP contribution in [0.25, 0.3) is 0 Å². The zero-order valence-corrected chi connectivity index (χ0v) is 20.5. The Bertz CT molecular complexity index is 1330. The SMILES string of the molecule is COc1ccc(C)cc1N(C(=O)CNC(=O)c1ccco1)[C@H](C(=O)NCc1ccco1)c1ccccc1. The highest BCUT2D eigenvalue weighted by Crippen LogP contribution is 2.36. The molecule has 9 nitrogen and oxygen atoms in total. The molecule has 2 heterocycles. The van der Waals surface area contributed by atoms with Crippen molar-refractivity contribution in [3.8, 4) is 5.75 Å². The Kier molecular flexibility index (Phi) is 8.05. The largest absolute Gasteiger partial charge is 0.495 e. The first kappa shape index (κ1) is 25.3. The summed E-state index contributed by atoms with van der Waals surface area (Å²) in [6.07, 6.45) is 2.89. The lowest BCUT2D eigenvalue weighted by Crippen LogP contribution is -2.47. The van der Waals surface area contributed by atoms with E-state index in [2.05, 4.69) is 10.6 Å². The summed E-state index contributed by atoms with van der Waals surface area (Å²) in [6.45, 7) is 1.63. The lowest BCUT2D eigenvalue weighted by atomic mass is 10.0. The van der Waals surface area contributed by atoms with Gasteiger partial charge >= 0.3 is 0 Å². The average molecular weight is 502 g/mol. The van der Waals surface area contributed by atoms with Crippen molar-refractivity contribution in [3.05, 3.63) is 108 Å². The van der Waals surface area contributed by atoms with Crippen molar-refractivity contribution in [2.75, 3.05) is 18.6 Å². The molecule has 190 valence electrons. The maximum atomic E-state index is 13.8. The maximum Gasteiger partial charge on any atom is 0.287 e. The van der Waals surface area contributed by atoms with Crippen LogP contribution in [0.2, 0.25) is 0 Å². The van der Waals surface area contributed by atoms with Crippen LogP contribution in [0.5, 0.6) is 5.75 Å². The van der Waals surface area contributed by atoms with Crippen molar-refractivity contribution in [1.29, 1.82) is 0 Å². The van der Waals surface area contributed by atoms with E-state index in [4.69, 9.17) is 13.6 Å². The van der Waals surface area contributed by atoms with Crippen molar-refractivity contribution >= 4 is 23.4 Å². The molecule has 9 heteroatoms. The lowest BCUT2D eigenvalue weighted by Gasteiger charge is -2.32. The normalized spacial score (nSPS) is 11.4. The number of anilines is 1. The molecule has 0 bridgehead atoms. The highest BCUT2D eigenvalue weighted by Gasteiger charge is 2.34. The molecule has 4 rings (SSSR count). The Morgan fingerprint density at radius 1 is 0.919 bits per heavy atom. The van der Waals surface area contributed by atoms with Gasteiger partial charge in [0.25, 0.3) is 5.91 Å². The molecule has 0 fully saturated rings. The number of ether oxygens (including phenoxy) is 1. The number of hydrogen-bond donors (Lipinski definition) is 2. The summed E-state index contributed by atoms with van der Waals surface area (Å²) < 4.78 is 16.0. The zero-order valence-electron chi connectivity index (χ0n) is 20.5. The van der Waals surface area contributed by atoms with Gasteiger partial charge in [-0.15, -0.1) is 0 Å². The van der Waals surface area contributed by atoms with E-state index in [0.29, 0.717) is 22.8 Å². The summed E-state index contributed by atoms with van der Waals surface area (Å²) in [5.74, 6) is -0.466. The van der Waals surface area contributed by atoms with Gasteiger partial charge in [0, 0.05) is 0 Å². The third kappa shape index (κ3) is 6.07. The van der Waals surface area contributed by atoms with Gasteiger partial charge in [0.1, 0.15) is 17.6 Å². The fourth-order valence-electron chi connectivity index (χ4n) is 3.88. The number of carbonyl (C=O) groups is 3. The van der Waals surface area contributed by atoms with Gasteiger partial charge in [-0.3, -0.25) is 19.3 Å². The molecule has 3 amide bonds. The molecule has 0 aliphatic carbocycles. The number of amides is 3. The number of rotatable bonds is 10. The third-order valence-corrected chi connectivity index (χ3v) is 5.65. The minimum Gasteiger partial charge on any atom is -0.495 e. The number of methoxy groups -OCH3 is 1. The van der Waals surface area contributed by atoms with Gasteiger partial charge in [-0.25, -0.2) is 0 Å². The third-order valence-electron chi connectivity index (χ3n) is 5.65. The minimum absolute atomic E-state index is 0.0725. The van der Waals surface area contributed by atoms with Crippen LogP contribution in [0.1, 0.15) is 33.5 Å². The predicted octanol–water partition coefficient (Wildman–Crippen LogP) is 4.01. The molecule has 0 spiro atoms.